The third-order valence-electron chi connectivity index (χ3n) is 2.62. The summed E-state index contributed by atoms with van der Waals surface area (Å²) in [5, 5.41) is 0. The molecule has 1 aliphatic rings. The quantitative estimate of drug-likeness (QED) is 0.831. The van der Waals surface area contributed by atoms with Crippen LogP contribution < -0.4 is 5.73 Å². The van der Waals surface area contributed by atoms with Crippen LogP contribution in [0.1, 0.15) is 36.7 Å². The van der Waals surface area contributed by atoms with Gasteiger partial charge in [-0.05, 0) is 25.5 Å². The van der Waals surface area contributed by atoms with Crippen LogP contribution in [0.4, 0.5) is 0 Å². The number of nitrogens with zero attached hydrogens (tertiary/aromatic N) is 2. The lowest BCUT2D eigenvalue weighted by Gasteiger charge is -2.24. The van der Waals surface area contributed by atoms with Crippen molar-refractivity contribution in [3.05, 3.63) is 23.8 Å². The Kier molecular flexibility index (Phi) is 4.29. The monoisotopic (exact) mass is 213 g/mol. The molecular formula is C10H16ClN3. The molecule has 1 heterocycles. The fourth-order valence-electron chi connectivity index (χ4n) is 1.60. The second kappa shape index (κ2) is 5.27. The highest BCUT2D eigenvalue weighted by Crippen LogP contribution is 2.34. The van der Waals surface area contributed by atoms with Crippen molar-refractivity contribution in [2.75, 3.05) is 6.54 Å². The van der Waals surface area contributed by atoms with Crippen molar-refractivity contribution in [2.24, 2.45) is 5.73 Å². The molecule has 0 radical (unpaired) electrons. The van der Waals surface area contributed by atoms with Crippen molar-refractivity contribution in [1.82, 2.24) is 9.97 Å². The molecule has 0 aromatic carbocycles. The second-order valence-electron chi connectivity index (χ2n) is 3.56. The molecule has 78 valence electrons. The van der Waals surface area contributed by atoms with Gasteiger partial charge in [-0.2, -0.15) is 0 Å². The first kappa shape index (κ1) is 11.4. The Morgan fingerprint density at radius 2 is 2.21 bits per heavy atom. The summed E-state index contributed by atoms with van der Waals surface area (Å²) in [7, 11) is 0. The van der Waals surface area contributed by atoms with E-state index in [1.807, 2.05) is 12.3 Å². The van der Waals surface area contributed by atoms with Crippen molar-refractivity contribution in [3.63, 3.8) is 0 Å². The molecule has 4 heteroatoms. The van der Waals surface area contributed by atoms with Crippen LogP contribution in [0.15, 0.2) is 12.3 Å². The predicted molar refractivity (Wildman–Crippen MR) is 58.6 cm³/mol. The Hall–Kier alpha value is -0.670. The minimum Gasteiger partial charge on any atom is -0.330 e. The molecule has 0 amide bonds. The topological polar surface area (TPSA) is 51.8 Å². The summed E-state index contributed by atoms with van der Waals surface area (Å²) in [6.07, 6.45) is 6.57. The molecule has 2 rings (SSSR count). The average molecular weight is 214 g/mol. The van der Waals surface area contributed by atoms with Gasteiger partial charge in [-0.15, -0.1) is 12.4 Å². The highest BCUT2D eigenvalue weighted by atomic mass is 35.5. The number of rotatable bonds is 3. The number of aromatic nitrogens is 2. The summed E-state index contributed by atoms with van der Waals surface area (Å²) < 4.78 is 0. The maximum absolute atomic E-state index is 5.45. The number of nitrogens with two attached hydrogens (primary N) is 1. The molecule has 0 atom stereocenters. The highest BCUT2D eigenvalue weighted by molar-refractivity contribution is 5.85. The van der Waals surface area contributed by atoms with E-state index in [4.69, 9.17) is 5.73 Å². The zero-order valence-corrected chi connectivity index (χ0v) is 8.96. The summed E-state index contributed by atoms with van der Waals surface area (Å²) in [6.45, 7) is 0.633. The van der Waals surface area contributed by atoms with Crippen LogP contribution in [0.2, 0.25) is 0 Å². The standard InChI is InChI=1S/C10H15N3.ClH/c11-6-4-10-12-7-5-9(13-10)8-2-1-3-8;/h5,7-8H,1-4,6,11H2;1H. The van der Waals surface area contributed by atoms with Gasteiger partial charge in [-0.25, -0.2) is 9.97 Å². The van der Waals surface area contributed by atoms with Crippen LogP contribution in [0, 0.1) is 0 Å². The Morgan fingerprint density at radius 1 is 1.43 bits per heavy atom. The predicted octanol–water partition coefficient (Wildman–Crippen LogP) is 1.67. The summed E-state index contributed by atoms with van der Waals surface area (Å²) in [4.78, 5) is 8.67. The third-order valence-corrected chi connectivity index (χ3v) is 2.62. The van der Waals surface area contributed by atoms with Gasteiger partial charge >= 0.3 is 0 Å². The lowest BCUT2D eigenvalue weighted by Crippen LogP contribution is -2.13. The van der Waals surface area contributed by atoms with Crippen LogP contribution in [0.3, 0.4) is 0 Å². The van der Waals surface area contributed by atoms with Gasteiger partial charge in [0, 0.05) is 24.2 Å². The molecule has 1 aliphatic carbocycles. The summed E-state index contributed by atoms with van der Waals surface area (Å²) in [6, 6.07) is 2.03. The average Bonchev–Trinajstić information content (AvgIpc) is 2.02. The summed E-state index contributed by atoms with van der Waals surface area (Å²) in [5.41, 5.74) is 6.67. The third kappa shape index (κ3) is 2.42. The van der Waals surface area contributed by atoms with Gasteiger partial charge in [0.15, 0.2) is 0 Å². The van der Waals surface area contributed by atoms with E-state index in [0.29, 0.717) is 12.5 Å². The molecule has 2 N–H and O–H groups in total. The van der Waals surface area contributed by atoms with Crippen LogP contribution in [-0.2, 0) is 6.42 Å². The van der Waals surface area contributed by atoms with E-state index in [2.05, 4.69) is 9.97 Å². The van der Waals surface area contributed by atoms with Crippen LogP contribution in [-0.4, -0.2) is 16.5 Å². The first-order valence-corrected chi connectivity index (χ1v) is 4.92. The second-order valence-corrected chi connectivity index (χ2v) is 3.56. The van der Waals surface area contributed by atoms with Crippen molar-refractivity contribution >= 4 is 12.4 Å². The van der Waals surface area contributed by atoms with Gasteiger partial charge in [-0.1, -0.05) is 6.42 Å². The lowest BCUT2D eigenvalue weighted by atomic mass is 9.83. The van der Waals surface area contributed by atoms with Crippen molar-refractivity contribution in [3.8, 4) is 0 Å². The zero-order valence-electron chi connectivity index (χ0n) is 8.15. The molecule has 0 aliphatic heterocycles. The molecule has 0 spiro atoms. The first-order chi connectivity index (χ1) is 6.40. The van der Waals surface area contributed by atoms with Gasteiger partial charge in [0.1, 0.15) is 5.82 Å². The minimum atomic E-state index is 0. The van der Waals surface area contributed by atoms with E-state index in [0.717, 1.165) is 12.2 Å². The molecule has 1 saturated carbocycles. The first-order valence-electron chi connectivity index (χ1n) is 4.92. The van der Waals surface area contributed by atoms with Gasteiger partial charge in [0.25, 0.3) is 0 Å². The lowest BCUT2D eigenvalue weighted by molar-refractivity contribution is 0.409. The molecule has 1 aromatic heterocycles. The Labute approximate surface area is 90.5 Å². The van der Waals surface area contributed by atoms with Crippen LogP contribution in [0.25, 0.3) is 0 Å². The van der Waals surface area contributed by atoms with E-state index in [1.165, 1.54) is 25.0 Å². The smallest absolute Gasteiger partial charge is 0.129 e. The fraction of sp³-hybridized carbons (Fsp3) is 0.600. The SMILES string of the molecule is Cl.NCCc1nccc(C2CCC2)n1. The number of hydrogen-bond acceptors (Lipinski definition) is 3. The molecule has 14 heavy (non-hydrogen) atoms. The van der Waals surface area contributed by atoms with E-state index >= 15 is 0 Å². The number of hydrogen-bond donors (Lipinski definition) is 1. The molecular weight excluding hydrogens is 198 g/mol. The molecule has 0 saturated heterocycles. The summed E-state index contributed by atoms with van der Waals surface area (Å²) in [5.74, 6) is 1.59. The normalized spacial score (nSPS) is 15.8. The molecule has 1 aromatic rings. The van der Waals surface area contributed by atoms with Crippen LogP contribution in [0.5, 0.6) is 0 Å². The van der Waals surface area contributed by atoms with Gasteiger partial charge in [-0.3, -0.25) is 0 Å². The fourth-order valence-corrected chi connectivity index (χ4v) is 1.60. The van der Waals surface area contributed by atoms with Crippen LogP contribution >= 0.6 is 12.4 Å². The van der Waals surface area contributed by atoms with Crippen molar-refractivity contribution in [1.29, 1.82) is 0 Å². The van der Waals surface area contributed by atoms with Crippen molar-refractivity contribution in [2.45, 2.75) is 31.6 Å². The van der Waals surface area contributed by atoms with E-state index in [1.54, 1.807) is 0 Å². The van der Waals surface area contributed by atoms with E-state index < -0.39 is 0 Å². The van der Waals surface area contributed by atoms with E-state index in [-0.39, 0.29) is 12.4 Å². The minimum absolute atomic E-state index is 0. The van der Waals surface area contributed by atoms with E-state index in [9.17, 15) is 0 Å². The number of halogens is 1. The van der Waals surface area contributed by atoms with Gasteiger partial charge in [0.2, 0.25) is 0 Å². The molecule has 0 unspecified atom stereocenters. The Morgan fingerprint density at radius 3 is 2.79 bits per heavy atom. The maximum atomic E-state index is 5.45. The zero-order chi connectivity index (χ0) is 9.10. The molecule has 0 bridgehead atoms. The summed E-state index contributed by atoms with van der Waals surface area (Å²) >= 11 is 0. The molecule has 3 nitrogen and oxygen atoms in total. The Bertz CT molecular complexity index is 286. The van der Waals surface area contributed by atoms with Gasteiger partial charge < -0.3 is 5.73 Å². The maximum Gasteiger partial charge on any atom is 0.129 e. The largest absolute Gasteiger partial charge is 0.330 e. The highest BCUT2D eigenvalue weighted by Gasteiger charge is 2.20. The molecule has 1 fully saturated rings. The van der Waals surface area contributed by atoms with Gasteiger partial charge in [0.05, 0.1) is 0 Å². The Balaban J connectivity index is 0.000000980. The van der Waals surface area contributed by atoms with Crippen molar-refractivity contribution < 1.29 is 0 Å².